The second-order valence-electron chi connectivity index (χ2n) is 6.81. The Morgan fingerprint density at radius 1 is 1.04 bits per heavy atom. The second-order valence-corrected chi connectivity index (χ2v) is 7.22. The van der Waals surface area contributed by atoms with Gasteiger partial charge in [0.05, 0.1) is 11.0 Å². The van der Waals surface area contributed by atoms with E-state index in [0.29, 0.717) is 17.1 Å². The van der Waals surface area contributed by atoms with E-state index in [9.17, 15) is 4.79 Å². The molecule has 1 heterocycles. The van der Waals surface area contributed by atoms with Crippen LogP contribution in [0, 0.1) is 13.8 Å². The molecular formula is C23H20ClN3O. The van der Waals surface area contributed by atoms with E-state index in [0.717, 1.165) is 28.1 Å². The SMILES string of the molecule is Cc1cccc(-n2c(C)nc3cc(C(=O)NCc4ccccc4Cl)ccc32)c1. The molecule has 3 aromatic carbocycles. The molecule has 0 saturated carbocycles. The largest absolute Gasteiger partial charge is 0.348 e. The van der Waals surface area contributed by atoms with Crippen LogP contribution in [0.2, 0.25) is 5.02 Å². The molecule has 1 amide bonds. The van der Waals surface area contributed by atoms with Crippen LogP contribution in [-0.4, -0.2) is 15.5 Å². The van der Waals surface area contributed by atoms with Gasteiger partial charge in [0, 0.05) is 22.8 Å². The van der Waals surface area contributed by atoms with Crippen molar-refractivity contribution in [1.29, 1.82) is 0 Å². The number of rotatable bonds is 4. The van der Waals surface area contributed by atoms with Crippen LogP contribution in [0.4, 0.5) is 0 Å². The summed E-state index contributed by atoms with van der Waals surface area (Å²) in [4.78, 5) is 17.2. The standard InChI is InChI=1S/C23H20ClN3O/c1-15-6-5-8-19(12-15)27-16(2)26-21-13-17(10-11-22(21)27)23(28)25-14-18-7-3-4-9-20(18)24/h3-13H,14H2,1-2H3,(H,25,28). The highest BCUT2D eigenvalue weighted by Gasteiger charge is 2.13. The average Bonchev–Trinajstić information content (AvgIpc) is 3.02. The van der Waals surface area contributed by atoms with Crippen molar-refractivity contribution in [3.63, 3.8) is 0 Å². The van der Waals surface area contributed by atoms with E-state index in [4.69, 9.17) is 11.6 Å². The number of aryl methyl sites for hydroxylation is 2. The topological polar surface area (TPSA) is 46.9 Å². The van der Waals surface area contributed by atoms with Gasteiger partial charge < -0.3 is 5.32 Å². The number of benzene rings is 3. The molecular weight excluding hydrogens is 370 g/mol. The molecule has 0 aliphatic rings. The van der Waals surface area contributed by atoms with Crippen LogP contribution in [0.15, 0.2) is 66.7 Å². The molecule has 5 heteroatoms. The van der Waals surface area contributed by atoms with Crippen LogP contribution in [0.5, 0.6) is 0 Å². The molecule has 0 fully saturated rings. The first-order valence-corrected chi connectivity index (χ1v) is 9.48. The van der Waals surface area contributed by atoms with Gasteiger partial charge in [-0.2, -0.15) is 0 Å². The Morgan fingerprint density at radius 3 is 2.64 bits per heavy atom. The number of fused-ring (bicyclic) bond motifs is 1. The van der Waals surface area contributed by atoms with Gasteiger partial charge in [-0.25, -0.2) is 4.98 Å². The van der Waals surface area contributed by atoms with E-state index in [1.807, 2.05) is 55.5 Å². The van der Waals surface area contributed by atoms with Crippen molar-refractivity contribution < 1.29 is 4.79 Å². The van der Waals surface area contributed by atoms with Gasteiger partial charge in [-0.1, -0.05) is 41.9 Å². The van der Waals surface area contributed by atoms with Crippen molar-refractivity contribution >= 4 is 28.5 Å². The molecule has 0 atom stereocenters. The van der Waals surface area contributed by atoms with Gasteiger partial charge >= 0.3 is 0 Å². The van der Waals surface area contributed by atoms with Crippen LogP contribution in [0.1, 0.15) is 27.3 Å². The zero-order chi connectivity index (χ0) is 19.7. The van der Waals surface area contributed by atoms with Crippen molar-refractivity contribution in [2.24, 2.45) is 0 Å². The van der Waals surface area contributed by atoms with E-state index < -0.39 is 0 Å². The molecule has 1 aromatic heterocycles. The van der Waals surface area contributed by atoms with Gasteiger partial charge in [0.1, 0.15) is 5.82 Å². The Morgan fingerprint density at radius 2 is 1.86 bits per heavy atom. The highest BCUT2D eigenvalue weighted by Crippen LogP contribution is 2.23. The van der Waals surface area contributed by atoms with Crippen LogP contribution in [0.25, 0.3) is 16.7 Å². The summed E-state index contributed by atoms with van der Waals surface area (Å²) >= 11 is 6.16. The number of nitrogens with one attached hydrogen (secondary N) is 1. The molecule has 4 aromatic rings. The number of hydrogen-bond acceptors (Lipinski definition) is 2. The minimum atomic E-state index is -0.149. The summed E-state index contributed by atoms with van der Waals surface area (Å²) in [5.74, 6) is 0.735. The Hall–Kier alpha value is -3.11. The number of amides is 1. The first kappa shape index (κ1) is 18.3. The predicted octanol–water partition coefficient (Wildman–Crippen LogP) is 5.23. The predicted molar refractivity (Wildman–Crippen MR) is 113 cm³/mol. The zero-order valence-electron chi connectivity index (χ0n) is 15.7. The van der Waals surface area contributed by atoms with Crippen LogP contribution in [0.3, 0.4) is 0 Å². The molecule has 0 aliphatic heterocycles. The lowest BCUT2D eigenvalue weighted by atomic mass is 10.1. The van der Waals surface area contributed by atoms with Crippen molar-refractivity contribution in [2.45, 2.75) is 20.4 Å². The van der Waals surface area contributed by atoms with Gasteiger partial charge in [-0.05, 0) is 61.4 Å². The molecule has 0 saturated heterocycles. The Kier molecular flexibility index (Phi) is 4.88. The van der Waals surface area contributed by atoms with E-state index in [-0.39, 0.29) is 5.91 Å². The summed E-state index contributed by atoms with van der Waals surface area (Å²) in [6.07, 6.45) is 0. The van der Waals surface area contributed by atoms with E-state index in [2.05, 4.69) is 40.0 Å². The lowest BCUT2D eigenvalue weighted by Crippen LogP contribution is -2.22. The third-order valence-corrected chi connectivity index (χ3v) is 5.11. The van der Waals surface area contributed by atoms with E-state index in [1.54, 1.807) is 0 Å². The third kappa shape index (κ3) is 3.51. The maximum atomic E-state index is 12.6. The highest BCUT2D eigenvalue weighted by molar-refractivity contribution is 6.31. The first-order chi connectivity index (χ1) is 13.5. The van der Waals surface area contributed by atoms with Gasteiger partial charge in [-0.15, -0.1) is 0 Å². The van der Waals surface area contributed by atoms with Gasteiger partial charge in [0.25, 0.3) is 5.91 Å². The maximum absolute atomic E-state index is 12.6. The van der Waals surface area contributed by atoms with E-state index in [1.165, 1.54) is 5.56 Å². The maximum Gasteiger partial charge on any atom is 0.251 e. The van der Waals surface area contributed by atoms with E-state index >= 15 is 0 Å². The Labute approximate surface area is 168 Å². The lowest BCUT2D eigenvalue weighted by Gasteiger charge is -2.09. The minimum Gasteiger partial charge on any atom is -0.348 e. The monoisotopic (exact) mass is 389 g/mol. The smallest absolute Gasteiger partial charge is 0.251 e. The molecule has 0 bridgehead atoms. The normalized spacial score (nSPS) is 11.0. The quantitative estimate of drug-likeness (QED) is 0.519. The lowest BCUT2D eigenvalue weighted by molar-refractivity contribution is 0.0951. The summed E-state index contributed by atoms with van der Waals surface area (Å²) in [6.45, 7) is 4.42. The summed E-state index contributed by atoms with van der Waals surface area (Å²) < 4.78 is 2.10. The van der Waals surface area contributed by atoms with Gasteiger partial charge in [-0.3, -0.25) is 9.36 Å². The van der Waals surface area contributed by atoms with Crippen molar-refractivity contribution in [2.75, 3.05) is 0 Å². The number of hydrogen-bond donors (Lipinski definition) is 1. The van der Waals surface area contributed by atoms with Crippen molar-refractivity contribution in [3.8, 4) is 5.69 Å². The van der Waals surface area contributed by atoms with Crippen LogP contribution in [-0.2, 0) is 6.54 Å². The molecule has 28 heavy (non-hydrogen) atoms. The molecule has 0 radical (unpaired) electrons. The fraction of sp³-hybridized carbons (Fsp3) is 0.130. The first-order valence-electron chi connectivity index (χ1n) is 9.10. The molecule has 0 aliphatic carbocycles. The molecule has 1 N–H and O–H groups in total. The van der Waals surface area contributed by atoms with Crippen molar-refractivity contribution in [3.05, 3.63) is 94.3 Å². The second kappa shape index (κ2) is 7.49. The molecule has 4 rings (SSSR count). The number of nitrogens with zero attached hydrogens (tertiary/aromatic N) is 2. The summed E-state index contributed by atoms with van der Waals surface area (Å²) in [7, 11) is 0. The number of imidazole rings is 1. The Bertz CT molecular complexity index is 1180. The van der Waals surface area contributed by atoms with Crippen LogP contribution < -0.4 is 5.32 Å². The molecule has 0 spiro atoms. The fourth-order valence-electron chi connectivity index (χ4n) is 3.35. The van der Waals surface area contributed by atoms with Crippen LogP contribution >= 0.6 is 11.6 Å². The molecule has 0 unspecified atom stereocenters. The number of carbonyl (C=O) groups excluding carboxylic acids is 1. The number of aromatic nitrogens is 2. The van der Waals surface area contributed by atoms with Gasteiger partial charge in [0.15, 0.2) is 0 Å². The average molecular weight is 390 g/mol. The summed E-state index contributed by atoms with van der Waals surface area (Å²) in [6, 6.07) is 21.4. The number of carbonyl (C=O) groups is 1. The zero-order valence-corrected chi connectivity index (χ0v) is 16.5. The highest BCUT2D eigenvalue weighted by atomic mass is 35.5. The summed E-state index contributed by atoms with van der Waals surface area (Å²) in [5.41, 5.74) is 5.49. The molecule has 4 nitrogen and oxygen atoms in total. The Balaban J connectivity index is 1.62. The van der Waals surface area contributed by atoms with Gasteiger partial charge in [0.2, 0.25) is 0 Å². The molecule has 140 valence electrons. The summed E-state index contributed by atoms with van der Waals surface area (Å²) in [5, 5.41) is 3.57. The number of halogens is 1. The fourth-order valence-corrected chi connectivity index (χ4v) is 3.56. The minimum absolute atomic E-state index is 0.149. The van der Waals surface area contributed by atoms with Crippen molar-refractivity contribution in [1.82, 2.24) is 14.9 Å². The third-order valence-electron chi connectivity index (χ3n) is 4.74.